The molecule has 0 aliphatic rings. The molecular weight excluding hydrogens is 178 g/mol. The molecule has 1 rings (SSSR count). The topological polar surface area (TPSA) is 56.1 Å². The molecule has 0 aliphatic carbocycles. The molecule has 0 radical (unpaired) electrons. The fraction of sp³-hybridized carbons (Fsp3) is 0.200. The van der Waals surface area contributed by atoms with Crippen LogP contribution < -0.4 is 10.2 Å². The molecule has 72 valence electrons. The Kier molecular flexibility index (Phi) is 3.08. The van der Waals surface area contributed by atoms with E-state index in [2.05, 4.69) is 5.32 Å². The third kappa shape index (κ3) is 2.23. The number of hydrogen-bond acceptors (Lipinski definition) is 3. The third-order valence-corrected chi connectivity index (χ3v) is 1.79. The number of carbonyl (C=O) groups is 1. The minimum absolute atomic E-state index is 0.379. The number of hydrogen-bond donors (Lipinski definition) is 1. The summed E-state index contributed by atoms with van der Waals surface area (Å²) in [6.45, 7) is 0. The third-order valence-electron chi connectivity index (χ3n) is 1.79. The van der Waals surface area contributed by atoms with E-state index >= 15 is 0 Å². The molecule has 1 aromatic carbocycles. The molecule has 1 aromatic rings. The smallest absolute Gasteiger partial charge is 0.264 e. The molecule has 0 atom stereocenters. The highest BCUT2D eigenvalue weighted by Crippen LogP contribution is 2.12. The first-order chi connectivity index (χ1) is 6.65. The van der Waals surface area contributed by atoms with Crippen LogP contribution in [0.1, 0.15) is 10.4 Å². The second-order valence-corrected chi connectivity index (χ2v) is 3.01. The van der Waals surface area contributed by atoms with Crippen molar-refractivity contribution in [2.24, 2.45) is 0 Å². The van der Waals surface area contributed by atoms with E-state index in [1.54, 1.807) is 24.4 Å². The predicted octanol–water partition coefficient (Wildman–Crippen LogP) is 0.963. The van der Waals surface area contributed by atoms with Gasteiger partial charge in [0.2, 0.25) is 0 Å². The first-order valence-electron chi connectivity index (χ1n) is 4.12. The molecule has 4 nitrogen and oxygen atoms in total. The van der Waals surface area contributed by atoms with Gasteiger partial charge < -0.3 is 4.90 Å². The van der Waals surface area contributed by atoms with Crippen LogP contribution in [0.15, 0.2) is 24.3 Å². The molecule has 1 N–H and O–H groups in total. The monoisotopic (exact) mass is 189 g/mol. The lowest BCUT2D eigenvalue weighted by atomic mass is 10.2. The van der Waals surface area contributed by atoms with Crippen molar-refractivity contribution in [3.8, 4) is 6.19 Å². The standard InChI is InChI=1S/C10H11N3O/c1-13(2)9-5-3-4-8(6-9)10(14)12-7-11/h3-6H,1-2H3,(H,12,14). The van der Waals surface area contributed by atoms with Crippen molar-refractivity contribution in [2.45, 2.75) is 0 Å². The molecule has 0 bridgehead atoms. The second kappa shape index (κ2) is 4.28. The van der Waals surface area contributed by atoms with Crippen molar-refractivity contribution in [3.63, 3.8) is 0 Å². The largest absolute Gasteiger partial charge is 0.378 e. The van der Waals surface area contributed by atoms with E-state index in [0.717, 1.165) is 5.69 Å². The van der Waals surface area contributed by atoms with Gasteiger partial charge in [-0.15, -0.1) is 0 Å². The van der Waals surface area contributed by atoms with Crippen molar-refractivity contribution in [3.05, 3.63) is 29.8 Å². The van der Waals surface area contributed by atoms with Crippen molar-refractivity contribution in [1.82, 2.24) is 5.32 Å². The summed E-state index contributed by atoms with van der Waals surface area (Å²) in [6, 6.07) is 7.07. The van der Waals surface area contributed by atoms with Crippen molar-refractivity contribution < 1.29 is 4.79 Å². The maximum atomic E-state index is 11.3. The van der Waals surface area contributed by atoms with Crippen LogP contribution >= 0.6 is 0 Å². The average Bonchev–Trinajstić information content (AvgIpc) is 2.18. The molecule has 0 saturated heterocycles. The summed E-state index contributed by atoms with van der Waals surface area (Å²) >= 11 is 0. The zero-order valence-corrected chi connectivity index (χ0v) is 8.11. The summed E-state index contributed by atoms with van der Waals surface area (Å²) in [4.78, 5) is 13.2. The van der Waals surface area contributed by atoms with Crippen molar-refractivity contribution in [1.29, 1.82) is 5.26 Å². The number of nitrogens with zero attached hydrogens (tertiary/aromatic N) is 2. The highest BCUT2D eigenvalue weighted by Gasteiger charge is 2.05. The fourth-order valence-corrected chi connectivity index (χ4v) is 1.05. The van der Waals surface area contributed by atoms with Crippen LogP contribution in [0.2, 0.25) is 0 Å². The van der Waals surface area contributed by atoms with Gasteiger partial charge in [-0.3, -0.25) is 10.1 Å². The minimum Gasteiger partial charge on any atom is -0.378 e. The highest BCUT2D eigenvalue weighted by atomic mass is 16.1. The number of nitrogens with one attached hydrogen (secondary N) is 1. The van der Waals surface area contributed by atoms with Crippen LogP contribution in [0.25, 0.3) is 0 Å². The molecule has 0 heterocycles. The van der Waals surface area contributed by atoms with E-state index in [0.29, 0.717) is 5.56 Å². The van der Waals surface area contributed by atoms with Gasteiger partial charge in [0.05, 0.1) is 0 Å². The maximum Gasteiger partial charge on any atom is 0.264 e. The molecule has 4 heteroatoms. The quantitative estimate of drug-likeness (QED) is 0.557. The summed E-state index contributed by atoms with van der Waals surface area (Å²) in [5.74, 6) is -0.379. The number of amides is 1. The predicted molar refractivity (Wildman–Crippen MR) is 53.8 cm³/mol. The van der Waals surface area contributed by atoms with E-state index in [1.165, 1.54) is 0 Å². The number of rotatable bonds is 2. The van der Waals surface area contributed by atoms with E-state index < -0.39 is 0 Å². The van der Waals surface area contributed by atoms with Crippen LogP contribution in [0.4, 0.5) is 5.69 Å². The highest BCUT2D eigenvalue weighted by molar-refractivity contribution is 5.95. The molecule has 0 fully saturated rings. The van der Waals surface area contributed by atoms with Crippen LogP contribution in [0, 0.1) is 11.5 Å². The molecule has 0 spiro atoms. The van der Waals surface area contributed by atoms with Gasteiger partial charge in [-0.2, -0.15) is 5.26 Å². The Labute approximate surface area is 82.8 Å². The molecular formula is C10H11N3O. The van der Waals surface area contributed by atoms with Crippen molar-refractivity contribution in [2.75, 3.05) is 19.0 Å². The molecule has 0 saturated carbocycles. The number of nitriles is 1. The SMILES string of the molecule is CN(C)c1cccc(C(=O)NC#N)c1. The van der Waals surface area contributed by atoms with Gasteiger partial charge in [0.25, 0.3) is 5.91 Å². The summed E-state index contributed by atoms with van der Waals surface area (Å²) in [5.41, 5.74) is 1.41. The van der Waals surface area contributed by atoms with Gasteiger partial charge in [0, 0.05) is 25.3 Å². The molecule has 0 aliphatic heterocycles. The Morgan fingerprint density at radius 2 is 2.21 bits per heavy atom. The lowest BCUT2D eigenvalue weighted by Crippen LogP contribution is -2.18. The molecule has 0 aromatic heterocycles. The van der Waals surface area contributed by atoms with Crippen LogP contribution in [0.5, 0.6) is 0 Å². The molecule has 0 unspecified atom stereocenters. The zero-order chi connectivity index (χ0) is 10.6. The Bertz CT molecular complexity index is 379. The Morgan fingerprint density at radius 1 is 1.50 bits per heavy atom. The summed E-state index contributed by atoms with van der Waals surface area (Å²) < 4.78 is 0. The Morgan fingerprint density at radius 3 is 2.79 bits per heavy atom. The number of benzene rings is 1. The fourth-order valence-electron chi connectivity index (χ4n) is 1.05. The van der Waals surface area contributed by atoms with E-state index in [-0.39, 0.29) is 5.91 Å². The molecule has 14 heavy (non-hydrogen) atoms. The van der Waals surface area contributed by atoms with Gasteiger partial charge in [0.15, 0.2) is 6.19 Å². The first kappa shape index (κ1) is 10.1. The summed E-state index contributed by atoms with van der Waals surface area (Å²) in [6.07, 6.45) is 1.60. The van der Waals surface area contributed by atoms with E-state index in [9.17, 15) is 4.79 Å². The zero-order valence-electron chi connectivity index (χ0n) is 8.11. The minimum atomic E-state index is -0.379. The average molecular weight is 189 g/mol. The van der Waals surface area contributed by atoms with Crippen LogP contribution in [0.3, 0.4) is 0 Å². The molecule has 1 amide bonds. The Hall–Kier alpha value is -2.02. The summed E-state index contributed by atoms with van der Waals surface area (Å²) in [7, 11) is 3.78. The maximum absolute atomic E-state index is 11.3. The van der Waals surface area contributed by atoms with Gasteiger partial charge >= 0.3 is 0 Å². The number of carbonyl (C=O) groups excluding carboxylic acids is 1. The van der Waals surface area contributed by atoms with Gasteiger partial charge in [-0.25, -0.2) is 0 Å². The lowest BCUT2D eigenvalue weighted by Gasteiger charge is -2.12. The van der Waals surface area contributed by atoms with Crippen LogP contribution in [-0.2, 0) is 0 Å². The van der Waals surface area contributed by atoms with Crippen LogP contribution in [-0.4, -0.2) is 20.0 Å². The lowest BCUT2D eigenvalue weighted by molar-refractivity contribution is 0.0973. The normalized spacial score (nSPS) is 8.93. The summed E-state index contributed by atoms with van der Waals surface area (Å²) in [5, 5.41) is 10.4. The van der Waals surface area contributed by atoms with Gasteiger partial charge in [-0.1, -0.05) is 6.07 Å². The van der Waals surface area contributed by atoms with E-state index in [4.69, 9.17) is 5.26 Å². The van der Waals surface area contributed by atoms with Gasteiger partial charge in [-0.05, 0) is 18.2 Å². The first-order valence-corrected chi connectivity index (χ1v) is 4.12. The van der Waals surface area contributed by atoms with E-state index in [1.807, 2.05) is 25.1 Å². The van der Waals surface area contributed by atoms with Crippen molar-refractivity contribution >= 4 is 11.6 Å². The second-order valence-electron chi connectivity index (χ2n) is 3.01. The number of anilines is 1. The van der Waals surface area contributed by atoms with Gasteiger partial charge in [0.1, 0.15) is 0 Å². The Balaban J connectivity index is 2.95.